The van der Waals surface area contributed by atoms with Crippen molar-refractivity contribution in [2.45, 2.75) is 26.8 Å². The van der Waals surface area contributed by atoms with Gasteiger partial charge in [-0.15, -0.1) is 0 Å². The minimum atomic E-state index is -1.06. The average Bonchev–Trinajstić information content (AvgIpc) is 2.37. The summed E-state index contributed by atoms with van der Waals surface area (Å²) in [7, 11) is 0. The SMILES string of the molecule is CC(C(=O)O)=C(C)C(=O)NC(C)CN1CCOCC1. The zero-order valence-corrected chi connectivity index (χ0v) is 11.7. The van der Waals surface area contributed by atoms with Gasteiger partial charge in [-0.05, 0) is 20.8 Å². The molecule has 0 saturated carbocycles. The molecule has 1 rings (SSSR count). The predicted octanol–water partition coefficient (Wildman–Crippen LogP) is 0.244. The molecular formula is C13H22N2O4. The number of carbonyl (C=O) groups excluding carboxylic acids is 1. The lowest BCUT2D eigenvalue weighted by atomic mass is 10.1. The van der Waals surface area contributed by atoms with Gasteiger partial charge in [-0.2, -0.15) is 0 Å². The van der Waals surface area contributed by atoms with Crippen molar-refractivity contribution < 1.29 is 19.4 Å². The van der Waals surface area contributed by atoms with Crippen LogP contribution in [-0.4, -0.2) is 60.8 Å². The molecule has 1 heterocycles. The summed E-state index contributed by atoms with van der Waals surface area (Å²) in [4.78, 5) is 24.9. The van der Waals surface area contributed by atoms with Crippen LogP contribution in [0.3, 0.4) is 0 Å². The van der Waals surface area contributed by atoms with Gasteiger partial charge in [0.15, 0.2) is 0 Å². The summed E-state index contributed by atoms with van der Waals surface area (Å²) < 4.78 is 5.26. The maximum Gasteiger partial charge on any atom is 0.331 e. The van der Waals surface area contributed by atoms with Gasteiger partial charge in [0.05, 0.1) is 13.2 Å². The number of hydrogen-bond donors (Lipinski definition) is 2. The molecule has 0 bridgehead atoms. The summed E-state index contributed by atoms with van der Waals surface area (Å²) in [5.41, 5.74) is 0.331. The minimum Gasteiger partial charge on any atom is -0.478 e. The van der Waals surface area contributed by atoms with Crippen LogP contribution >= 0.6 is 0 Å². The Morgan fingerprint density at radius 2 is 1.84 bits per heavy atom. The molecule has 1 aliphatic rings. The van der Waals surface area contributed by atoms with E-state index in [0.717, 1.165) is 32.8 Å². The van der Waals surface area contributed by atoms with Crippen molar-refractivity contribution in [3.8, 4) is 0 Å². The second-order valence-electron chi connectivity index (χ2n) is 4.84. The zero-order chi connectivity index (χ0) is 14.4. The molecule has 0 aromatic rings. The maximum atomic E-state index is 11.9. The van der Waals surface area contributed by atoms with Crippen molar-refractivity contribution in [2.24, 2.45) is 0 Å². The predicted molar refractivity (Wildman–Crippen MR) is 70.9 cm³/mol. The summed E-state index contributed by atoms with van der Waals surface area (Å²) in [6.45, 7) is 8.79. The van der Waals surface area contributed by atoms with Crippen LogP contribution in [0.1, 0.15) is 20.8 Å². The smallest absolute Gasteiger partial charge is 0.331 e. The molecule has 1 aliphatic heterocycles. The van der Waals surface area contributed by atoms with Crippen molar-refractivity contribution in [2.75, 3.05) is 32.8 Å². The molecule has 108 valence electrons. The third-order valence-electron chi connectivity index (χ3n) is 3.24. The van der Waals surface area contributed by atoms with Gasteiger partial charge in [0, 0.05) is 36.8 Å². The van der Waals surface area contributed by atoms with E-state index >= 15 is 0 Å². The number of hydrogen-bond acceptors (Lipinski definition) is 4. The van der Waals surface area contributed by atoms with E-state index in [-0.39, 0.29) is 23.1 Å². The normalized spacial score (nSPS) is 19.5. The Labute approximate surface area is 113 Å². The van der Waals surface area contributed by atoms with Gasteiger partial charge in [0.2, 0.25) is 5.91 Å². The molecule has 0 aliphatic carbocycles. The van der Waals surface area contributed by atoms with Crippen LogP contribution in [0, 0.1) is 0 Å². The number of amides is 1. The van der Waals surface area contributed by atoms with Crippen molar-refractivity contribution in [3.63, 3.8) is 0 Å². The number of nitrogens with one attached hydrogen (secondary N) is 1. The molecule has 19 heavy (non-hydrogen) atoms. The van der Waals surface area contributed by atoms with Crippen LogP contribution in [0.25, 0.3) is 0 Å². The second-order valence-corrected chi connectivity index (χ2v) is 4.84. The van der Waals surface area contributed by atoms with Crippen LogP contribution in [0.15, 0.2) is 11.1 Å². The monoisotopic (exact) mass is 270 g/mol. The topological polar surface area (TPSA) is 78.9 Å². The van der Waals surface area contributed by atoms with Gasteiger partial charge in [0.1, 0.15) is 0 Å². The van der Waals surface area contributed by atoms with E-state index in [1.54, 1.807) is 0 Å². The number of carboxylic acid groups (broad SMARTS) is 1. The fraction of sp³-hybridized carbons (Fsp3) is 0.692. The molecule has 0 aromatic carbocycles. The van der Waals surface area contributed by atoms with E-state index in [1.807, 2.05) is 6.92 Å². The van der Waals surface area contributed by atoms with E-state index < -0.39 is 5.97 Å². The molecule has 0 radical (unpaired) electrons. The Bertz CT molecular complexity index is 373. The maximum absolute atomic E-state index is 11.9. The zero-order valence-electron chi connectivity index (χ0n) is 11.7. The lowest BCUT2D eigenvalue weighted by Crippen LogP contribution is -2.46. The molecule has 2 N–H and O–H groups in total. The largest absolute Gasteiger partial charge is 0.478 e. The molecule has 1 fully saturated rings. The first-order valence-corrected chi connectivity index (χ1v) is 6.43. The van der Waals surface area contributed by atoms with Gasteiger partial charge in [-0.3, -0.25) is 9.69 Å². The molecule has 1 atom stereocenters. The minimum absolute atomic E-state index is 0.0258. The number of rotatable bonds is 5. The standard InChI is InChI=1S/C13H22N2O4/c1-9(8-15-4-6-19-7-5-15)14-12(16)10(2)11(3)13(17)18/h9H,4-8H2,1-3H3,(H,14,16)(H,17,18). The first-order valence-electron chi connectivity index (χ1n) is 6.43. The number of aliphatic carboxylic acids is 1. The van der Waals surface area contributed by atoms with Crippen molar-refractivity contribution >= 4 is 11.9 Å². The van der Waals surface area contributed by atoms with Crippen molar-refractivity contribution in [1.29, 1.82) is 0 Å². The highest BCUT2D eigenvalue weighted by molar-refractivity contribution is 6.01. The Hall–Kier alpha value is -1.40. The van der Waals surface area contributed by atoms with Crippen LogP contribution in [0.4, 0.5) is 0 Å². The van der Waals surface area contributed by atoms with E-state index in [1.165, 1.54) is 13.8 Å². The summed E-state index contributed by atoms with van der Waals surface area (Å²) in [5, 5.41) is 11.7. The van der Waals surface area contributed by atoms with Gasteiger partial charge in [0.25, 0.3) is 0 Å². The lowest BCUT2D eigenvalue weighted by molar-refractivity contribution is -0.133. The van der Waals surface area contributed by atoms with Crippen LogP contribution < -0.4 is 5.32 Å². The molecule has 1 unspecified atom stereocenters. The Balaban J connectivity index is 2.47. The van der Waals surface area contributed by atoms with E-state index in [4.69, 9.17) is 9.84 Å². The van der Waals surface area contributed by atoms with Crippen molar-refractivity contribution in [3.05, 3.63) is 11.1 Å². The first-order chi connectivity index (χ1) is 8.91. The quantitative estimate of drug-likeness (QED) is 0.700. The molecule has 0 spiro atoms. The van der Waals surface area contributed by atoms with Crippen molar-refractivity contribution in [1.82, 2.24) is 10.2 Å². The average molecular weight is 270 g/mol. The second kappa shape index (κ2) is 7.25. The molecular weight excluding hydrogens is 248 g/mol. The van der Waals surface area contributed by atoms with E-state index in [9.17, 15) is 9.59 Å². The summed E-state index contributed by atoms with van der Waals surface area (Å²) in [6.07, 6.45) is 0. The first kappa shape index (κ1) is 15.7. The molecule has 1 amide bonds. The Morgan fingerprint density at radius 1 is 1.26 bits per heavy atom. The fourth-order valence-electron chi connectivity index (χ4n) is 1.88. The van der Waals surface area contributed by atoms with E-state index in [2.05, 4.69) is 10.2 Å². The lowest BCUT2D eigenvalue weighted by Gasteiger charge is -2.29. The Morgan fingerprint density at radius 3 is 2.37 bits per heavy atom. The number of nitrogens with zero attached hydrogens (tertiary/aromatic N) is 1. The molecule has 0 aromatic heterocycles. The summed E-state index contributed by atoms with van der Waals surface area (Å²) >= 11 is 0. The number of carbonyl (C=O) groups is 2. The number of carboxylic acids is 1. The summed E-state index contributed by atoms with van der Waals surface area (Å²) in [6, 6.07) is -0.0258. The highest BCUT2D eigenvalue weighted by Crippen LogP contribution is 2.05. The Kier molecular flexibility index (Phi) is 5.98. The number of ether oxygens (including phenoxy) is 1. The molecule has 1 saturated heterocycles. The van der Waals surface area contributed by atoms with Gasteiger partial charge < -0.3 is 15.2 Å². The van der Waals surface area contributed by atoms with Gasteiger partial charge in [-0.25, -0.2) is 4.79 Å². The van der Waals surface area contributed by atoms with Crippen LogP contribution in [0.2, 0.25) is 0 Å². The van der Waals surface area contributed by atoms with Gasteiger partial charge >= 0.3 is 5.97 Å². The van der Waals surface area contributed by atoms with Crippen LogP contribution in [0.5, 0.6) is 0 Å². The fourth-order valence-corrected chi connectivity index (χ4v) is 1.88. The highest BCUT2D eigenvalue weighted by Gasteiger charge is 2.17. The highest BCUT2D eigenvalue weighted by atomic mass is 16.5. The van der Waals surface area contributed by atoms with Gasteiger partial charge in [-0.1, -0.05) is 0 Å². The summed E-state index contributed by atoms with van der Waals surface area (Å²) in [5.74, 6) is -1.38. The van der Waals surface area contributed by atoms with Crippen LogP contribution in [-0.2, 0) is 14.3 Å². The third-order valence-corrected chi connectivity index (χ3v) is 3.24. The third kappa shape index (κ3) is 5.00. The van der Waals surface area contributed by atoms with E-state index in [0.29, 0.717) is 0 Å². The molecule has 6 heteroatoms. The number of morpholine rings is 1. The molecule has 6 nitrogen and oxygen atoms in total.